The Morgan fingerprint density at radius 3 is 2.70 bits per heavy atom. The minimum Gasteiger partial charge on any atom is -0.478 e. The Morgan fingerprint density at radius 2 is 2.15 bits per heavy atom. The summed E-state index contributed by atoms with van der Waals surface area (Å²) in [5.41, 5.74) is 0.796. The van der Waals surface area contributed by atoms with Crippen molar-refractivity contribution in [2.75, 3.05) is 6.61 Å². The van der Waals surface area contributed by atoms with E-state index in [-0.39, 0.29) is 16.9 Å². The molecule has 2 N–H and O–H groups in total. The van der Waals surface area contributed by atoms with Gasteiger partial charge in [-0.25, -0.2) is 13.2 Å². The van der Waals surface area contributed by atoms with Gasteiger partial charge in [0.25, 0.3) is 0 Å². The van der Waals surface area contributed by atoms with Crippen molar-refractivity contribution in [2.45, 2.75) is 31.3 Å². The molecule has 0 saturated heterocycles. The van der Waals surface area contributed by atoms with E-state index in [1.54, 1.807) is 13.8 Å². The number of carbonyl (C=O) groups is 1. The molecule has 0 bridgehead atoms. The van der Waals surface area contributed by atoms with E-state index in [1.165, 1.54) is 12.1 Å². The Bertz CT molecular complexity index is 693. The van der Waals surface area contributed by atoms with Gasteiger partial charge in [-0.1, -0.05) is 0 Å². The molecule has 0 saturated carbocycles. The van der Waals surface area contributed by atoms with Gasteiger partial charge in [-0.05, 0) is 31.5 Å². The first-order valence-electron chi connectivity index (χ1n) is 6.11. The van der Waals surface area contributed by atoms with Crippen molar-refractivity contribution in [3.05, 3.63) is 28.8 Å². The van der Waals surface area contributed by atoms with Gasteiger partial charge in [-0.3, -0.25) is 5.41 Å². The molecule has 2 rings (SSSR count). The molecule has 0 spiro atoms. The Hall–Kier alpha value is -1.73. The average molecular weight is 297 g/mol. The summed E-state index contributed by atoms with van der Waals surface area (Å²) in [4.78, 5) is 11.1. The van der Waals surface area contributed by atoms with Crippen molar-refractivity contribution in [3.63, 3.8) is 0 Å². The standard InChI is InChI=1S/C13H15NO5S/c1-3-19-9-6-11(14)20(17,18)10-5-4-8(13(15)16)7(2)12(9)10/h4-5,9,14H,3,6H2,1-2H3,(H,15,16). The number of benzene rings is 1. The number of ether oxygens (including phenoxy) is 1. The summed E-state index contributed by atoms with van der Waals surface area (Å²) in [6.45, 7) is 3.69. The molecule has 0 fully saturated rings. The Balaban J connectivity index is 2.76. The first kappa shape index (κ1) is 14.7. The van der Waals surface area contributed by atoms with Gasteiger partial charge in [0.1, 0.15) is 5.04 Å². The van der Waals surface area contributed by atoms with E-state index in [2.05, 4.69) is 0 Å². The quantitative estimate of drug-likeness (QED) is 0.887. The highest BCUT2D eigenvalue weighted by Gasteiger charge is 2.37. The van der Waals surface area contributed by atoms with Gasteiger partial charge in [0.15, 0.2) is 0 Å². The van der Waals surface area contributed by atoms with Crippen LogP contribution in [-0.2, 0) is 14.6 Å². The third kappa shape index (κ3) is 2.12. The molecule has 1 atom stereocenters. The first-order valence-corrected chi connectivity index (χ1v) is 7.60. The number of hydrogen-bond acceptors (Lipinski definition) is 5. The van der Waals surface area contributed by atoms with Crippen LogP contribution in [0.3, 0.4) is 0 Å². The topological polar surface area (TPSA) is 105 Å². The number of sulfone groups is 1. The van der Waals surface area contributed by atoms with Crippen molar-refractivity contribution in [2.24, 2.45) is 0 Å². The molecule has 0 aromatic heterocycles. The Labute approximate surface area is 116 Å². The lowest BCUT2D eigenvalue weighted by atomic mass is 9.96. The van der Waals surface area contributed by atoms with Crippen LogP contribution in [0.1, 0.15) is 40.9 Å². The van der Waals surface area contributed by atoms with Gasteiger partial charge in [0.05, 0.1) is 16.6 Å². The maximum absolute atomic E-state index is 12.2. The number of carboxylic acids is 1. The molecule has 1 aromatic carbocycles. The van der Waals surface area contributed by atoms with E-state index < -0.39 is 27.0 Å². The largest absolute Gasteiger partial charge is 0.478 e. The zero-order valence-electron chi connectivity index (χ0n) is 11.1. The monoisotopic (exact) mass is 297 g/mol. The molecule has 0 aliphatic carbocycles. The van der Waals surface area contributed by atoms with Crippen molar-refractivity contribution >= 4 is 20.9 Å². The van der Waals surface area contributed by atoms with Gasteiger partial charge in [0, 0.05) is 18.6 Å². The molecular weight excluding hydrogens is 282 g/mol. The Kier molecular flexibility index (Phi) is 3.66. The number of hydrogen-bond donors (Lipinski definition) is 2. The second-order valence-electron chi connectivity index (χ2n) is 4.53. The second-order valence-corrected chi connectivity index (χ2v) is 6.47. The smallest absolute Gasteiger partial charge is 0.335 e. The molecule has 0 amide bonds. The normalized spacial score (nSPS) is 20.5. The summed E-state index contributed by atoms with van der Waals surface area (Å²) >= 11 is 0. The highest BCUT2D eigenvalue weighted by Crippen LogP contribution is 2.38. The third-order valence-electron chi connectivity index (χ3n) is 3.38. The van der Waals surface area contributed by atoms with Crippen molar-refractivity contribution in [1.82, 2.24) is 0 Å². The number of aromatic carboxylic acids is 1. The summed E-state index contributed by atoms with van der Waals surface area (Å²) in [6, 6.07) is 2.51. The number of carboxylic acid groups (broad SMARTS) is 1. The number of rotatable bonds is 3. The third-order valence-corrected chi connectivity index (χ3v) is 5.13. The van der Waals surface area contributed by atoms with Gasteiger partial charge in [-0.15, -0.1) is 0 Å². The van der Waals surface area contributed by atoms with Crippen LogP contribution in [0.4, 0.5) is 0 Å². The zero-order chi connectivity index (χ0) is 15.1. The molecule has 6 nitrogen and oxygen atoms in total. The Morgan fingerprint density at radius 1 is 1.50 bits per heavy atom. The van der Waals surface area contributed by atoms with E-state index >= 15 is 0 Å². The summed E-state index contributed by atoms with van der Waals surface area (Å²) in [6.07, 6.45) is -0.655. The van der Waals surface area contributed by atoms with Crippen LogP contribution in [0.15, 0.2) is 17.0 Å². The predicted molar refractivity (Wildman–Crippen MR) is 72.0 cm³/mol. The zero-order valence-corrected chi connectivity index (χ0v) is 12.0. The van der Waals surface area contributed by atoms with Crippen LogP contribution in [-0.4, -0.2) is 31.1 Å². The lowest BCUT2D eigenvalue weighted by Gasteiger charge is -2.28. The highest BCUT2D eigenvalue weighted by atomic mass is 32.2. The van der Waals surface area contributed by atoms with Gasteiger partial charge >= 0.3 is 5.97 Å². The first-order chi connectivity index (χ1) is 9.30. The molecular formula is C13H15NO5S. The van der Waals surface area contributed by atoms with Crippen LogP contribution in [0, 0.1) is 12.3 Å². The van der Waals surface area contributed by atoms with Gasteiger partial charge in [0.2, 0.25) is 9.84 Å². The van der Waals surface area contributed by atoms with Crippen LogP contribution >= 0.6 is 0 Å². The predicted octanol–water partition coefficient (Wildman–Crippen LogP) is 1.93. The minimum absolute atomic E-state index is 0.0188. The van der Waals surface area contributed by atoms with E-state index in [4.69, 9.17) is 15.3 Å². The molecule has 0 radical (unpaired) electrons. The van der Waals surface area contributed by atoms with Crippen LogP contribution in [0.25, 0.3) is 0 Å². The van der Waals surface area contributed by atoms with E-state index in [1.807, 2.05) is 0 Å². The second kappa shape index (κ2) is 4.99. The van der Waals surface area contributed by atoms with Crippen LogP contribution in [0.2, 0.25) is 0 Å². The molecule has 1 aliphatic heterocycles. The lowest BCUT2D eigenvalue weighted by molar-refractivity contribution is 0.0640. The van der Waals surface area contributed by atoms with Crippen LogP contribution in [0.5, 0.6) is 0 Å². The van der Waals surface area contributed by atoms with Crippen LogP contribution < -0.4 is 0 Å². The highest BCUT2D eigenvalue weighted by molar-refractivity contribution is 8.06. The summed E-state index contributed by atoms with van der Waals surface area (Å²) in [5.74, 6) is -1.11. The van der Waals surface area contributed by atoms with E-state index in [0.29, 0.717) is 17.7 Å². The van der Waals surface area contributed by atoms with Crippen molar-refractivity contribution < 1.29 is 23.1 Å². The van der Waals surface area contributed by atoms with E-state index in [0.717, 1.165) is 0 Å². The molecule has 20 heavy (non-hydrogen) atoms. The number of fused-ring (bicyclic) bond motifs is 1. The van der Waals surface area contributed by atoms with E-state index in [9.17, 15) is 13.2 Å². The maximum Gasteiger partial charge on any atom is 0.335 e. The summed E-state index contributed by atoms with van der Waals surface area (Å²) in [5, 5.41) is 16.4. The average Bonchev–Trinajstić information content (AvgIpc) is 2.35. The molecule has 1 heterocycles. The van der Waals surface area contributed by atoms with Crippen molar-refractivity contribution in [3.8, 4) is 0 Å². The fourth-order valence-electron chi connectivity index (χ4n) is 2.43. The molecule has 1 aliphatic rings. The minimum atomic E-state index is -3.83. The SMILES string of the molecule is CCOC1CC(=N)S(=O)(=O)c2ccc(C(=O)O)c(C)c21. The fraction of sp³-hybridized carbons (Fsp3) is 0.385. The molecule has 1 aromatic rings. The van der Waals surface area contributed by atoms with Gasteiger partial charge < -0.3 is 9.84 Å². The van der Waals surface area contributed by atoms with Gasteiger partial charge in [-0.2, -0.15) is 0 Å². The summed E-state index contributed by atoms with van der Waals surface area (Å²) in [7, 11) is -3.83. The molecule has 1 unspecified atom stereocenters. The maximum atomic E-state index is 12.2. The molecule has 108 valence electrons. The number of nitrogens with one attached hydrogen (secondary N) is 1. The molecule has 7 heteroatoms. The lowest BCUT2D eigenvalue weighted by Crippen LogP contribution is -2.28. The van der Waals surface area contributed by atoms with Crippen molar-refractivity contribution in [1.29, 1.82) is 5.41 Å². The summed E-state index contributed by atoms with van der Waals surface area (Å²) < 4.78 is 29.8. The fourth-order valence-corrected chi connectivity index (χ4v) is 3.88.